The Labute approximate surface area is 107 Å². The zero-order chi connectivity index (χ0) is 12.3. The van der Waals surface area contributed by atoms with Gasteiger partial charge in [-0.2, -0.15) is 0 Å². The van der Waals surface area contributed by atoms with Gasteiger partial charge in [-0.05, 0) is 40.2 Å². The van der Waals surface area contributed by atoms with E-state index in [1.54, 1.807) is 36.6 Å². The number of benzene rings is 1. The fraction of sp³-hybridized carbons (Fsp3) is 0.0833. The second kappa shape index (κ2) is 5.05. The van der Waals surface area contributed by atoms with Crippen molar-refractivity contribution in [2.45, 2.75) is 6.54 Å². The monoisotopic (exact) mass is 294 g/mol. The van der Waals surface area contributed by atoms with Gasteiger partial charge in [0.2, 0.25) is 0 Å². The normalized spacial score (nSPS) is 10.2. The highest BCUT2D eigenvalue weighted by atomic mass is 79.9. The Bertz CT molecular complexity index is 523. The molecule has 5 heteroatoms. The summed E-state index contributed by atoms with van der Waals surface area (Å²) < 4.78 is 5.73. The number of furan rings is 1. The zero-order valence-electron chi connectivity index (χ0n) is 8.94. The minimum Gasteiger partial charge on any atom is -0.467 e. The van der Waals surface area contributed by atoms with Crippen molar-refractivity contribution < 1.29 is 9.21 Å². The van der Waals surface area contributed by atoms with Gasteiger partial charge in [0, 0.05) is 5.69 Å². The van der Waals surface area contributed by atoms with Crippen LogP contribution in [-0.4, -0.2) is 5.91 Å². The lowest BCUT2D eigenvalue weighted by molar-refractivity contribution is 0.0947. The molecular formula is C12H11BrN2O2. The first-order valence-electron chi connectivity index (χ1n) is 5.03. The summed E-state index contributed by atoms with van der Waals surface area (Å²) in [5, 5.41) is 2.75. The largest absolute Gasteiger partial charge is 0.467 e. The highest BCUT2D eigenvalue weighted by Crippen LogP contribution is 2.23. The fourth-order valence-electron chi connectivity index (χ4n) is 1.40. The molecule has 0 aliphatic rings. The SMILES string of the molecule is Nc1cccc(C(=O)NCc2ccco2)c1Br. The van der Waals surface area contributed by atoms with Crippen LogP contribution in [0.1, 0.15) is 16.1 Å². The van der Waals surface area contributed by atoms with E-state index in [-0.39, 0.29) is 5.91 Å². The topological polar surface area (TPSA) is 68.3 Å². The van der Waals surface area contributed by atoms with Gasteiger partial charge < -0.3 is 15.5 Å². The number of nitrogens with one attached hydrogen (secondary N) is 1. The molecule has 0 saturated heterocycles. The van der Waals surface area contributed by atoms with E-state index >= 15 is 0 Å². The summed E-state index contributed by atoms with van der Waals surface area (Å²) in [7, 11) is 0. The fourth-order valence-corrected chi connectivity index (χ4v) is 1.85. The van der Waals surface area contributed by atoms with Gasteiger partial charge in [-0.3, -0.25) is 4.79 Å². The number of halogens is 1. The van der Waals surface area contributed by atoms with E-state index in [4.69, 9.17) is 10.2 Å². The standard InChI is InChI=1S/C12H11BrN2O2/c13-11-9(4-1-5-10(11)14)12(16)15-7-8-3-2-6-17-8/h1-6H,7,14H2,(H,15,16). The minimum atomic E-state index is -0.194. The van der Waals surface area contributed by atoms with Crippen molar-refractivity contribution in [3.05, 3.63) is 52.4 Å². The van der Waals surface area contributed by atoms with Crippen molar-refractivity contribution in [3.63, 3.8) is 0 Å². The number of carbonyl (C=O) groups is 1. The van der Waals surface area contributed by atoms with Gasteiger partial charge in [0.05, 0.1) is 22.8 Å². The van der Waals surface area contributed by atoms with Crippen molar-refractivity contribution in [2.75, 3.05) is 5.73 Å². The van der Waals surface area contributed by atoms with Crippen molar-refractivity contribution in [3.8, 4) is 0 Å². The predicted molar refractivity (Wildman–Crippen MR) is 68.4 cm³/mol. The zero-order valence-corrected chi connectivity index (χ0v) is 10.5. The van der Waals surface area contributed by atoms with Crippen molar-refractivity contribution in [1.29, 1.82) is 0 Å². The molecule has 0 fully saturated rings. The highest BCUT2D eigenvalue weighted by Gasteiger charge is 2.11. The molecule has 4 nitrogen and oxygen atoms in total. The molecule has 0 radical (unpaired) electrons. The number of amides is 1. The van der Waals surface area contributed by atoms with Crippen LogP contribution in [-0.2, 0) is 6.54 Å². The summed E-state index contributed by atoms with van der Waals surface area (Å²) in [4.78, 5) is 11.9. The molecule has 2 rings (SSSR count). The third-order valence-corrected chi connectivity index (χ3v) is 3.16. The summed E-state index contributed by atoms with van der Waals surface area (Å²) in [6.45, 7) is 0.354. The number of anilines is 1. The first-order valence-corrected chi connectivity index (χ1v) is 5.82. The Morgan fingerprint density at radius 1 is 1.35 bits per heavy atom. The number of rotatable bonds is 3. The van der Waals surface area contributed by atoms with E-state index in [1.807, 2.05) is 0 Å². The summed E-state index contributed by atoms with van der Waals surface area (Å²) in [6.07, 6.45) is 1.57. The minimum absolute atomic E-state index is 0.194. The molecule has 0 spiro atoms. The average Bonchev–Trinajstić information content (AvgIpc) is 2.82. The van der Waals surface area contributed by atoms with E-state index in [9.17, 15) is 4.79 Å². The van der Waals surface area contributed by atoms with E-state index in [2.05, 4.69) is 21.2 Å². The molecule has 17 heavy (non-hydrogen) atoms. The average molecular weight is 295 g/mol. The molecular weight excluding hydrogens is 284 g/mol. The molecule has 1 amide bonds. The Morgan fingerprint density at radius 3 is 2.88 bits per heavy atom. The third-order valence-electron chi connectivity index (χ3n) is 2.28. The Hall–Kier alpha value is -1.75. The van der Waals surface area contributed by atoms with Gasteiger partial charge >= 0.3 is 0 Å². The van der Waals surface area contributed by atoms with E-state index < -0.39 is 0 Å². The van der Waals surface area contributed by atoms with E-state index in [0.717, 1.165) is 0 Å². The molecule has 0 bridgehead atoms. The molecule has 1 aromatic heterocycles. The summed E-state index contributed by atoms with van der Waals surface area (Å²) in [6, 6.07) is 8.75. The molecule has 3 N–H and O–H groups in total. The number of hydrogen-bond acceptors (Lipinski definition) is 3. The molecule has 0 unspecified atom stereocenters. The van der Waals surface area contributed by atoms with Crippen LogP contribution in [0.2, 0.25) is 0 Å². The maximum Gasteiger partial charge on any atom is 0.252 e. The van der Waals surface area contributed by atoms with Crippen LogP contribution in [0.3, 0.4) is 0 Å². The van der Waals surface area contributed by atoms with Crippen molar-refractivity contribution in [1.82, 2.24) is 5.32 Å². The molecule has 0 aliphatic carbocycles. The number of carbonyl (C=O) groups excluding carboxylic acids is 1. The maximum atomic E-state index is 11.9. The molecule has 0 atom stereocenters. The van der Waals surface area contributed by atoms with Crippen LogP contribution in [0, 0.1) is 0 Å². The molecule has 2 aromatic rings. The van der Waals surface area contributed by atoms with Crippen molar-refractivity contribution in [2.24, 2.45) is 0 Å². The maximum absolute atomic E-state index is 11.9. The highest BCUT2D eigenvalue weighted by molar-refractivity contribution is 9.10. The van der Waals surface area contributed by atoms with Crippen molar-refractivity contribution >= 4 is 27.5 Å². The molecule has 0 saturated carbocycles. The molecule has 0 aliphatic heterocycles. The summed E-state index contributed by atoms with van der Waals surface area (Å²) in [5.74, 6) is 0.513. The van der Waals surface area contributed by atoms with Gasteiger partial charge in [-0.1, -0.05) is 6.07 Å². The van der Waals surface area contributed by atoms with Crippen LogP contribution in [0.15, 0.2) is 45.5 Å². The smallest absolute Gasteiger partial charge is 0.252 e. The summed E-state index contributed by atoms with van der Waals surface area (Å²) >= 11 is 3.29. The van der Waals surface area contributed by atoms with E-state index in [0.29, 0.717) is 28.0 Å². The first-order chi connectivity index (χ1) is 8.18. The van der Waals surface area contributed by atoms with Crippen LogP contribution in [0.25, 0.3) is 0 Å². The predicted octanol–water partition coefficient (Wildman–Crippen LogP) is 2.55. The molecule has 1 heterocycles. The van der Waals surface area contributed by atoms with Gasteiger partial charge in [-0.15, -0.1) is 0 Å². The lowest BCUT2D eigenvalue weighted by Crippen LogP contribution is -2.23. The quantitative estimate of drug-likeness (QED) is 0.855. The van der Waals surface area contributed by atoms with Crippen LogP contribution < -0.4 is 11.1 Å². The summed E-state index contributed by atoms with van der Waals surface area (Å²) in [5.41, 5.74) is 6.75. The number of nitrogen functional groups attached to an aromatic ring is 1. The second-order valence-electron chi connectivity index (χ2n) is 3.47. The molecule has 88 valence electrons. The van der Waals surface area contributed by atoms with Gasteiger partial charge in [0.25, 0.3) is 5.91 Å². The van der Waals surface area contributed by atoms with Gasteiger partial charge in [0.1, 0.15) is 5.76 Å². The lowest BCUT2D eigenvalue weighted by atomic mass is 10.2. The van der Waals surface area contributed by atoms with E-state index in [1.165, 1.54) is 0 Å². The Kier molecular flexibility index (Phi) is 3.49. The van der Waals surface area contributed by atoms with Crippen LogP contribution in [0.4, 0.5) is 5.69 Å². The molecule has 1 aromatic carbocycles. The Balaban J connectivity index is 2.07. The lowest BCUT2D eigenvalue weighted by Gasteiger charge is -2.07. The van der Waals surface area contributed by atoms with Crippen LogP contribution >= 0.6 is 15.9 Å². The first kappa shape index (κ1) is 11.7. The second-order valence-corrected chi connectivity index (χ2v) is 4.26. The Morgan fingerprint density at radius 2 is 2.18 bits per heavy atom. The third kappa shape index (κ3) is 2.68. The van der Waals surface area contributed by atoms with Gasteiger partial charge in [-0.25, -0.2) is 0 Å². The number of nitrogens with two attached hydrogens (primary N) is 1. The van der Waals surface area contributed by atoms with Gasteiger partial charge in [0.15, 0.2) is 0 Å². The van der Waals surface area contributed by atoms with Crippen LogP contribution in [0.5, 0.6) is 0 Å². The number of hydrogen-bond donors (Lipinski definition) is 2.